The minimum atomic E-state index is -4.82. The van der Waals surface area contributed by atoms with E-state index in [0.717, 1.165) is 35.2 Å². The zero-order chi connectivity index (χ0) is 29.9. The molecule has 0 radical (unpaired) electrons. The number of thioether (sulfide) groups is 1. The van der Waals surface area contributed by atoms with Crippen LogP contribution in [0, 0.1) is 5.92 Å². The summed E-state index contributed by atoms with van der Waals surface area (Å²) >= 11 is 13.6. The highest BCUT2D eigenvalue weighted by molar-refractivity contribution is 8.00. The van der Waals surface area contributed by atoms with Gasteiger partial charge < -0.3 is 9.73 Å². The molecule has 4 aromatic rings. The molecule has 3 amide bonds. The Morgan fingerprint density at radius 1 is 1.00 bits per heavy atom. The molecule has 1 fully saturated rings. The van der Waals surface area contributed by atoms with Crippen molar-refractivity contribution in [3.8, 4) is 0 Å². The lowest BCUT2D eigenvalue weighted by molar-refractivity contribution is -0.137. The Kier molecular flexibility index (Phi) is 7.24. The van der Waals surface area contributed by atoms with Gasteiger partial charge in [-0.2, -0.15) is 13.2 Å². The number of carbonyl (C=O) groups excluding carboxylic acids is 3. The van der Waals surface area contributed by atoms with E-state index in [-0.39, 0.29) is 20.8 Å². The fraction of sp³-hybridized carbons (Fsp3) is 0.185. The third-order valence-corrected chi connectivity index (χ3v) is 10.2. The maximum atomic E-state index is 13.9. The first-order valence-electron chi connectivity index (χ1n) is 12.2. The normalized spacial score (nSPS) is 20.0. The standard InChI is InChI=1S/C27H16Cl2F3N3O5S2/c28-14-8-7-12(10-15(14)29)33-18(36)11-34-25-22(42-26(34)39)19(17-6-3-9-40-17)20-21(41-25)24(38)35(23(20)37)16-5-2-1-4-13(16)27(30,31)32/h1-10,19-21H,11H2,(H,33,36)/t19-,20-,21+/m0/s1. The number of aromatic nitrogens is 1. The Balaban J connectivity index is 1.39. The van der Waals surface area contributed by atoms with Gasteiger partial charge in [0, 0.05) is 5.69 Å². The first kappa shape index (κ1) is 28.6. The quantitative estimate of drug-likeness (QED) is 0.255. The molecule has 15 heteroatoms. The van der Waals surface area contributed by atoms with E-state index >= 15 is 0 Å². The fourth-order valence-electron chi connectivity index (χ4n) is 5.09. The summed E-state index contributed by atoms with van der Waals surface area (Å²) in [5.74, 6) is -4.13. The molecule has 1 N–H and O–H groups in total. The molecule has 216 valence electrons. The first-order valence-corrected chi connectivity index (χ1v) is 14.6. The van der Waals surface area contributed by atoms with Gasteiger partial charge in [0.1, 0.15) is 17.6 Å². The van der Waals surface area contributed by atoms with Crippen molar-refractivity contribution in [1.82, 2.24) is 4.57 Å². The number of amides is 3. The van der Waals surface area contributed by atoms with Crippen molar-refractivity contribution in [3.63, 3.8) is 0 Å². The van der Waals surface area contributed by atoms with Gasteiger partial charge in [0.25, 0.3) is 0 Å². The number of benzene rings is 2. The molecule has 0 aliphatic carbocycles. The summed E-state index contributed by atoms with van der Waals surface area (Å²) in [4.78, 5) is 54.0. The molecule has 0 unspecified atom stereocenters. The number of rotatable bonds is 5. The minimum absolute atomic E-state index is 0.212. The second-order valence-corrected chi connectivity index (χ2v) is 12.3. The lowest BCUT2D eigenvalue weighted by atomic mass is 9.86. The molecule has 3 atom stereocenters. The van der Waals surface area contributed by atoms with Crippen LogP contribution in [0.2, 0.25) is 10.0 Å². The van der Waals surface area contributed by atoms with Crippen LogP contribution in [-0.4, -0.2) is 27.5 Å². The molecule has 2 aromatic heterocycles. The number of fused-ring (bicyclic) bond motifs is 2. The van der Waals surface area contributed by atoms with E-state index in [2.05, 4.69) is 5.32 Å². The predicted octanol–water partition coefficient (Wildman–Crippen LogP) is 6.26. The van der Waals surface area contributed by atoms with Gasteiger partial charge in [0.15, 0.2) is 0 Å². The smallest absolute Gasteiger partial charge is 0.418 e. The molecule has 6 rings (SSSR count). The second-order valence-electron chi connectivity index (χ2n) is 9.38. The number of carbonyl (C=O) groups is 3. The monoisotopic (exact) mass is 653 g/mol. The SMILES string of the molecule is O=C(Cn1c2c(sc1=O)[C@@H](c1ccco1)[C@@H]1C(=O)N(c3ccccc3C(F)(F)F)C(=O)[C@@H]1S2)Nc1ccc(Cl)c(Cl)c1. The molecule has 8 nitrogen and oxygen atoms in total. The lowest BCUT2D eigenvalue weighted by Gasteiger charge is -2.29. The number of halogens is 5. The number of nitrogens with zero attached hydrogens (tertiary/aromatic N) is 2. The van der Waals surface area contributed by atoms with E-state index in [9.17, 15) is 32.3 Å². The number of para-hydroxylation sites is 1. The van der Waals surface area contributed by atoms with E-state index in [1.165, 1.54) is 41.2 Å². The molecule has 4 heterocycles. The van der Waals surface area contributed by atoms with Gasteiger partial charge in [-0.3, -0.25) is 23.7 Å². The summed E-state index contributed by atoms with van der Waals surface area (Å²) in [6.07, 6.45) is -3.46. The lowest BCUT2D eigenvalue weighted by Crippen LogP contribution is -2.33. The Morgan fingerprint density at radius 2 is 1.76 bits per heavy atom. The van der Waals surface area contributed by atoms with Gasteiger partial charge >= 0.3 is 11.0 Å². The summed E-state index contributed by atoms with van der Waals surface area (Å²) in [7, 11) is 0. The predicted molar refractivity (Wildman–Crippen MR) is 151 cm³/mol. The van der Waals surface area contributed by atoms with Crippen molar-refractivity contribution in [2.75, 3.05) is 10.2 Å². The van der Waals surface area contributed by atoms with Crippen LogP contribution in [0.1, 0.15) is 22.1 Å². The second kappa shape index (κ2) is 10.6. The average Bonchev–Trinajstić information content (AvgIpc) is 3.63. The number of anilines is 2. The zero-order valence-electron chi connectivity index (χ0n) is 20.9. The highest BCUT2D eigenvalue weighted by Crippen LogP contribution is 2.54. The summed E-state index contributed by atoms with van der Waals surface area (Å²) in [5, 5.41) is 2.20. The Labute approximate surface area is 253 Å². The van der Waals surface area contributed by atoms with E-state index in [1.807, 2.05) is 0 Å². The maximum absolute atomic E-state index is 13.9. The molecule has 0 bridgehead atoms. The number of hydrogen-bond donors (Lipinski definition) is 1. The van der Waals surface area contributed by atoms with E-state index in [4.69, 9.17) is 27.6 Å². The number of alkyl halides is 3. The topological polar surface area (TPSA) is 102 Å². The van der Waals surface area contributed by atoms with Crippen molar-refractivity contribution in [1.29, 1.82) is 0 Å². The van der Waals surface area contributed by atoms with Crippen LogP contribution < -0.4 is 15.1 Å². The van der Waals surface area contributed by atoms with Crippen LogP contribution >= 0.6 is 46.3 Å². The summed E-state index contributed by atoms with van der Waals surface area (Å²) in [5.41, 5.74) is -1.37. The van der Waals surface area contributed by atoms with E-state index in [0.29, 0.717) is 15.5 Å². The molecule has 0 spiro atoms. The van der Waals surface area contributed by atoms with Crippen molar-refractivity contribution >= 4 is 75.4 Å². The van der Waals surface area contributed by atoms with Gasteiger partial charge in [-0.1, -0.05) is 58.4 Å². The van der Waals surface area contributed by atoms with Crippen molar-refractivity contribution in [3.05, 3.63) is 96.8 Å². The molecule has 2 aliphatic rings. The molecule has 2 aliphatic heterocycles. The molecule has 2 aromatic carbocycles. The largest absolute Gasteiger partial charge is 0.469 e. The Bertz CT molecular complexity index is 1800. The van der Waals surface area contributed by atoms with Gasteiger partial charge in [-0.05, 0) is 42.5 Å². The van der Waals surface area contributed by atoms with Gasteiger partial charge in [-0.15, -0.1) is 0 Å². The maximum Gasteiger partial charge on any atom is 0.418 e. The Morgan fingerprint density at radius 3 is 2.45 bits per heavy atom. The van der Waals surface area contributed by atoms with Crippen molar-refractivity contribution in [2.24, 2.45) is 5.92 Å². The molecule has 42 heavy (non-hydrogen) atoms. The third kappa shape index (κ3) is 4.83. The highest BCUT2D eigenvalue weighted by atomic mass is 35.5. The van der Waals surface area contributed by atoms with E-state index in [1.54, 1.807) is 12.1 Å². The van der Waals surface area contributed by atoms with Gasteiger partial charge in [-0.25, -0.2) is 4.90 Å². The first-order chi connectivity index (χ1) is 20.0. The number of imide groups is 1. The molecular weight excluding hydrogens is 638 g/mol. The minimum Gasteiger partial charge on any atom is -0.469 e. The van der Waals surface area contributed by atoms with Crippen molar-refractivity contribution in [2.45, 2.75) is 28.9 Å². The van der Waals surface area contributed by atoms with E-state index < -0.39 is 63.7 Å². The number of furan rings is 1. The number of nitrogens with one attached hydrogen (secondary N) is 1. The Hall–Kier alpha value is -3.52. The number of thiazole rings is 1. The van der Waals surface area contributed by atoms with Crippen LogP contribution in [0.4, 0.5) is 24.5 Å². The average molecular weight is 654 g/mol. The summed E-state index contributed by atoms with van der Waals surface area (Å²) in [6.45, 7) is -0.442. The van der Waals surface area contributed by atoms with Crippen molar-refractivity contribution < 1.29 is 32.0 Å². The summed E-state index contributed by atoms with van der Waals surface area (Å²) < 4.78 is 48.3. The fourth-order valence-corrected chi connectivity index (χ4v) is 8.15. The molecule has 0 saturated carbocycles. The van der Waals surface area contributed by atoms with Crippen LogP contribution in [0.25, 0.3) is 0 Å². The highest BCUT2D eigenvalue weighted by Gasteiger charge is 2.58. The summed E-state index contributed by atoms with van der Waals surface area (Å²) in [6, 6.07) is 11.9. The van der Waals surface area contributed by atoms with Gasteiger partial charge in [0.05, 0.1) is 49.3 Å². The molecular formula is C27H16Cl2F3N3O5S2. The van der Waals surface area contributed by atoms with Crippen LogP contribution in [0.5, 0.6) is 0 Å². The van der Waals surface area contributed by atoms with Crippen LogP contribution in [-0.2, 0) is 27.1 Å². The molecule has 1 saturated heterocycles. The van der Waals surface area contributed by atoms with Gasteiger partial charge in [0.2, 0.25) is 17.7 Å². The zero-order valence-corrected chi connectivity index (χ0v) is 24.0. The van der Waals surface area contributed by atoms with Crippen LogP contribution in [0.3, 0.4) is 0 Å². The number of hydrogen-bond acceptors (Lipinski definition) is 7. The van der Waals surface area contributed by atoms with Crippen LogP contribution in [0.15, 0.2) is 75.1 Å². The third-order valence-electron chi connectivity index (χ3n) is 6.85.